The number of carbonyl (C=O) groups is 1. The highest BCUT2D eigenvalue weighted by Crippen LogP contribution is 2.21. The highest BCUT2D eigenvalue weighted by molar-refractivity contribution is 7.99. The van der Waals surface area contributed by atoms with E-state index in [-0.39, 0.29) is 18.1 Å². The normalized spacial score (nSPS) is 22.4. The minimum absolute atomic E-state index is 0.0290. The van der Waals surface area contributed by atoms with Gasteiger partial charge >= 0.3 is 5.97 Å². The van der Waals surface area contributed by atoms with Crippen LogP contribution in [0.4, 0.5) is 0 Å². The molecule has 1 aliphatic rings. The predicted octanol–water partition coefficient (Wildman–Crippen LogP) is 2.16. The van der Waals surface area contributed by atoms with Crippen molar-refractivity contribution >= 4 is 17.7 Å². The predicted molar refractivity (Wildman–Crippen MR) is 68.8 cm³/mol. The van der Waals surface area contributed by atoms with Crippen molar-refractivity contribution < 1.29 is 9.53 Å². The van der Waals surface area contributed by atoms with Crippen LogP contribution >= 0.6 is 11.8 Å². The van der Waals surface area contributed by atoms with E-state index >= 15 is 0 Å². The lowest BCUT2D eigenvalue weighted by Gasteiger charge is -2.27. The summed E-state index contributed by atoms with van der Waals surface area (Å²) in [6.45, 7) is 8.04. The first-order chi connectivity index (χ1) is 7.72. The second kappa shape index (κ2) is 7.17. The lowest BCUT2D eigenvalue weighted by Crippen LogP contribution is -2.42. The Balaban J connectivity index is 2.47. The summed E-state index contributed by atoms with van der Waals surface area (Å²) >= 11 is 1.87. The summed E-state index contributed by atoms with van der Waals surface area (Å²) in [6, 6.07) is -0.0550. The Bertz CT molecular complexity index is 213. The molecule has 0 spiro atoms. The van der Waals surface area contributed by atoms with E-state index < -0.39 is 0 Å². The van der Waals surface area contributed by atoms with Gasteiger partial charge in [0.2, 0.25) is 0 Å². The Morgan fingerprint density at radius 1 is 1.44 bits per heavy atom. The van der Waals surface area contributed by atoms with Crippen LogP contribution in [-0.4, -0.2) is 47.6 Å². The van der Waals surface area contributed by atoms with Gasteiger partial charge in [0.15, 0.2) is 0 Å². The van der Waals surface area contributed by atoms with Crippen LogP contribution in [0, 0.1) is 0 Å². The third kappa shape index (κ3) is 3.67. The largest absolute Gasteiger partial charge is 0.460 e. The number of likely N-dealkylation sites (N-methyl/N-ethyl adjacent to an activating group) is 1. The second-order valence-electron chi connectivity index (χ2n) is 4.07. The number of hydrogen-bond donors (Lipinski definition) is 0. The van der Waals surface area contributed by atoms with Gasteiger partial charge in [-0.15, -0.1) is 0 Å². The summed E-state index contributed by atoms with van der Waals surface area (Å²) in [6.07, 6.45) is 2.01. The van der Waals surface area contributed by atoms with E-state index in [4.69, 9.17) is 4.74 Å². The van der Waals surface area contributed by atoms with E-state index in [1.54, 1.807) is 0 Å². The summed E-state index contributed by atoms with van der Waals surface area (Å²) in [7, 11) is 0. The molecule has 1 aliphatic heterocycles. The number of rotatable bonds is 6. The molecular weight excluding hydrogens is 222 g/mol. The van der Waals surface area contributed by atoms with Gasteiger partial charge in [-0.25, -0.2) is 0 Å². The summed E-state index contributed by atoms with van der Waals surface area (Å²) in [5, 5.41) is 0. The molecule has 0 saturated carbocycles. The maximum absolute atomic E-state index is 12.0. The first kappa shape index (κ1) is 13.8. The van der Waals surface area contributed by atoms with Gasteiger partial charge in [0.1, 0.15) is 12.1 Å². The Morgan fingerprint density at radius 2 is 2.12 bits per heavy atom. The fraction of sp³-hybridized carbons (Fsp3) is 0.917. The van der Waals surface area contributed by atoms with Crippen molar-refractivity contribution in [3.05, 3.63) is 0 Å². The van der Waals surface area contributed by atoms with Gasteiger partial charge < -0.3 is 4.74 Å². The number of nitrogens with zero attached hydrogens (tertiary/aromatic N) is 1. The number of ether oxygens (including phenoxy) is 1. The van der Waals surface area contributed by atoms with Gasteiger partial charge in [-0.2, -0.15) is 11.8 Å². The molecule has 0 amide bonds. The lowest BCUT2D eigenvalue weighted by molar-refractivity contribution is -0.154. The molecule has 94 valence electrons. The van der Waals surface area contributed by atoms with Gasteiger partial charge in [-0.1, -0.05) is 20.8 Å². The molecule has 16 heavy (non-hydrogen) atoms. The summed E-state index contributed by atoms with van der Waals surface area (Å²) < 4.78 is 5.55. The van der Waals surface area contributed by atoms with Crippen molar-refractivity contribution in [1.29, 1.82) is 0 Å². The number of esters is 1. The van der Waals surface area contributed by atoms with Crippen LogP contribution in [0.2, 0.25) is 0 Å². The van der Waals surface area contributed by atoms with E-state index in [0.717, 1.165) is 37.4 Å². The zero-order valence-corrected chi connectivity index (χ0v) is 11.4. The van der Waals surface area contributed by atoms with Crippen molar-refractivity contribution in [2.45, 2.75) is 45.8 Å². The van der Waals surface area contributed by atoms with Gasteiger partial charge in [0, 0.05) is 5.75 Å². The highest BCUT2D eigenvalue weighted by Gasteiger charge is 2.27. The van der Waals surface area contributed by atoms with Crippen LogP contribution in [0.25, 0.3) is 0 Å². The molecule has 1 saturated heterocycles. The van der Waals surface area contributed by atoms with Crippen molar-refractivity contribution in [2.75, 3.05) is 24.6 Å². The average Bonchev–Trinajstić information content (AvgIpc) is 2.78. The minimum atomic E-state index is -0.0550. The molecule has 0 unspecified atom stereocenters. The van der Waals surface area contributed by atoms with E-state index in [2.05, 4.69) is 18.7 Å². The van der Waals surface area contributed by atoms with Crippen molar-refractivity contribution in [3.63, 3.8) is 0 Å². The third-order valence-corrected chi connectivity index (χ3v) is 4.21. The molecule has 0 aliphatic carbocycles. The summed E-state index contributed by atoms with van der Waals surface area (Å²) in [5.74, 6) is 2.07. The molecule has 0 N–H and O–H groups in total. The zero-order valence-electron chi connectivity index (χ0n) is 10.6. The number of carbonyl (C=O) groups excluding carboxylic acids is 1. The number of thioether (sulfide) groups is 1. The van der Waals surface area contributed by atoms with E-state index in [1.807, 2.05) is 18.7 Å². The monoisotopic (exact) mass is 245 g/mol. The molecule has 0 bridgehead atoms. The smallest absolute Gasteiger partial charge is 0.323 e. The number of hydrogen-bond acceptors (Lipinski definition) is 4. The zero-order chi connectivity index (χ0) is 12.0. The van der Waals surface area contributed by atoms with E-state index in [9.17, 15) is 4.79 Å². The highest BCUT2D eigenvalue weighted by atomic mass is 32.2. The van der Waals surface area contributed by atoms with Gasteiger partial charge in [-0.05, 0) is 31.7 Å². The molecule has 1 heterocycles. The van der Waals surface area contributed by atoms with E-state index in [1.165, 1.54) is 0 Å². The van der Waals surface area contributed by atoms with E-state index in [0.29, 0.717) is 0 Å². The van der Waals surface area contributed by atoms with Crippen LogP contribution in [0.1, 0.15) is 33.6 Å². The Labute approximate surface area is 103 Å². The third-order valence-electron chi connectivity index (χ3n) is 3.08. The molecule has 0 aromatic carbocycles. The second-order valence-corrected chi connectivity index (χ2v) is 5.22. The van der Waals surface area contributed by atoms with Crippen LogP contribution in [0.5, 0.6) is 0 Å². The first-order valence-electron chi connectivity index (χ1n) is 6.25. The molecule has 1 rings (SSSR count). The lowest BCUT2D eigenvalue weighted by atomic mass is 10.2. The maximum atomic E-state index is 12.0. The molecule has 0 radical (unpaired) electrons. The van der Waals surface area contributed by atoms with Crippen molar-refractivity contribution in [2.24, 2.45) is 0 Å². The fourth-order valence-electron chi connectivity index (χ4n) is 2.09. The summed E-state index contributed by atoms with van der Waals surface area (Å²) in [4.78, 5) is 14.2. The Morgan fingerprint density at radius 3 is 2.56 bits per heavy atom. The molecule has 0 aromatic rings. The van der Waals surface area contributed by atoms with Crippen molar-refractivity contribution in [1.82, 2.24) is 4.90 Å². The topological polar surface area (TPSA) is 29.5 Å². The maximum Gasteiger partial charge on any atom is 0.323 e. The SMILES string of the molecule is CC[C@@H](C(=O)O[C@H]1CCSC1)N(CC)CC. The average molecular weight is 245 g/mol. The summed E-state index contributed by atoms with van der Waals surface area (Å²) in [5.41, 5.74) is 0. The fourth-order valence-corrected chi connectivity index (χ4v) is 3.18. The molecule has 0 aromatic heterocycles. The van der Waals surface area contributed by atoms with Gasteiger partial charge in [0.05, 0.1) is 0 Å². The molecular formula is C12H23NO2S. The van der Waals surface area contributed by atoms with Crippen LogP contribution < -0.4 is 0 Å². The molecule has 1 fully saturated rings. The first-order valence-corrected chi connectivity index (χ1v) is 7.40. The molecule has 4 heteroatoms. The van der Waals surface area contributed by atoms with Crippen molar-refractivity contribution in [3.8, 4) is 0 Å². The Kier molecular flexibility index (Phi) is 6.21. The van der Waals surface area contributed by atoms with Crippen LogP contribution in [0.15, 0.2) is 0 Å². The van der Waals surface area contributed by atoms with Gasteiger partial charge in [0.25, 0.3) is 0 Å². The Hall–Kier alpha value is -0.220. The molecule has 3 nitrogen and oxygen atoms in total. The molecule has 2 atom stereocenters. The van der Waals surface area contributed by atoms with Crippen LogP contribution in [0.3, 0.4) is 0 Å². The minimum Gasteiger partial charge on any atom is -0.460 e. The quantitative estimate of drug-likeness (QED) is 0.671. The van der Waals surface area contributed by atoms with Gasteiger partial charge in [-0.3, -0.25) is 9.69 Å². The van der Waals surface area contributed by atoms with Crippen LogP contribution in [-0.2, 0) is 9.53 Å². The standard InChI is InChI=1S/C12H23NO2S/c1-4-11(13(5-2)6-3)12(14)15-10-7-8-16-9-10/h10-11H,4-9H2,1-3H3/t10-,11-/m0/s1.